The molecule has 0 aromatic carbocycles. The maximum atomic E-state index is 10.8. The molecule has 0 aliphatic carbocycles. The van der Waals surface area contributed by atoms with Gasteiger partial charge < -0.3 is 9.53 Å². The summed E-state index contributed by atoms with van der Waals surface area (Å²) < 4.78 is 5.04. The van der Waals surface area contributed by atoms with Crippen LogP contribution >= 0.6 is 0 Å². The van der Waals surface area contributed by atoms with Gasteiger partial charge in [-0.3, -0.25) is 4.90 Å². The number of rotatable bonds is 7. The minimum atomic E-state index is -0.266. The standard InChI is InChI=1S/C11H23NO2/c1-10(2)12(6-7-14-5)8-11(3,4)9-13/h9-10H,6-8H2,1-5H3. The highest BCUT2D eigenvalue weighted by atomic mass is 16.5. The van der Waals surface area contributed by atoms with E-state index in [4.69, 9.17) is 4.74 Å². The topological polar surface area (TPSA) is 29.5 Å². The lowest BCUT2D eigenvalue weighted by molar-refractivity contribution is -0.115. The number of hydrogen-bond donors (Lipinski definition) is 0. The zero-order valence-electron chi connectivity index (χ0n) is 10.0. The van der Waals surface area contributed by atoms with Crippen molar-refractivity contribution < 1.29 is 9.53 Å². The second kappa shape index (κ2) is 6.14. The molecule has 14 heavy (non-hydrogen) atoms. The van der Waals surface area contributed by atoms with E-state index in [0.29, 0.717) is 12.6 Å². The fraction of sp³-hybridized carbons (Fsp3) is 0.909. The van der Waals surface area contributed by atoms with Crippen molar-refractivity contribution >= 4 is 6.29 Å². The van der Waals surface area contributed by atoms with Crippen LogP contribution in [-0.2, 0) is 9.53 Å². The van der Waals surface area contributed by atoms with Gasteiger partial charge in [-0.1, -0.05) is 13.8 Å². The summed E-state index contributed by atoms with van der Waals surface area (Å²) in [5.74, 6) is 0. The summed E-state index contributed by atoms with van der Waals surface area (Å²) in [4.78, 5) is 13.1. The van der Waals surface area contributed by atoms with E-state index in [9.17, 15) is 4.79 Å². The predicted molar refractivity (Wildman–Crippen MR) is 58.4 cm³/mol. The first-order valence-corrected chi connectivity index (χ1v) is 5.12. The highest BCUT2D eigenvalue weighted by Gasteiger charge is 2.22. The summed E-state index contributed by atoms with van der Waals surface area (Å²) in [5.41, 5.74) is -0.266. The molecule has 0 heterocycles. The Labute approximate surface area is 87.4 Å². The molecular formula is C11H23NO2. The molecule has 0 N–H and O–H groups in total. The monoisotopic (exact) mass is 201 g/mol. The molecule has 0 amide bonds. The van der Waals surface area contributed by atoms with Crippen molar-refractivity contribution in [1.82, 2.24) is 4.90 Å². The quantitative estimate of drug-likeness (QED) is 0.586. The van der Waals surface area contributed by atoms with Crippen molar-refractivity contribution in [3.63, 3.8) is 0 Å². The van der Waals surface area contributed by atoms with Gasteiger partial charge in [0.2, 0.25) is 0 Å². The summed E-state index contributed by atoms with van der Waals surface area (Å²) in [6.07, 6.45) is 1.02. The number of hydrogen-bond acceptors (Lipinski definition) is 3. The molecule has 3 nitrogen and oxygen atoms in total. The number of methoxy groups -OCH3 is 1. The number of carbonyl (C=O) groups excluding carboxylic acids is 1. The van der Waals surface area contributed by atoms with Gasteiger partial charge in [0.25, 0.3) is 0 Å². The summed E-state index contributed by atoms with van der Waals surface area (Å²) in [5, 5.41) is 0. The number of carbonyl (C=O) groups is 1. The minimum absolute atomic E-state index is 0.266. The van der Waals surface area contributed by atoms with E-state index in [2.05, 4.69) is 18.7 Å². The van der Waals surface area contributed by atoms with Crippen LogP contribution in [0.5, 0.6) is 0 Å². The molecule has 3 heteroatoms. The fourth-order valence-corrected chi connectivity index (χ4v) is 1.29. The van der Waals surface area contributed by atoms with Crippen molar-refractivity contribution in [3.8, 4) is 0 Å². The summed E-state index contributed by atoms with van der Waals surface area (Å²) in [6.45, 7) is 10.6. The molecule has 0 atom stereocenters. The average molecular weight is 201 g/mol. The van der Waals surface area contributed by atoms with Crippen LogP contribution in [0.2, 0.25) is 0 Å². The van der Waals surface area contributed by atoms with Gasteiger partial charge in [-0.15, -0.1) is 0 Å². The Kier molecular flexibility index (Phi) is 5.96. The zero-order valence-corrected chi connectivity index (χ0v) is 10.0. The van der Waals surface area contributed by atoms with E-state index in [-0.39, 0.29) is 5.41 Å². The molecule has 0 rings (SSSR count). The first-order valence-electron chi connectivity index (χ1n) is 5.12. The lowest BCUT2D eigenvalue weighted by Gasteiger charge is -2.31. The summed E-state index contributed by atoms with van der Waals surface area (Å²) in [6, 6.07) is 0.448. The smallest absolute Gasteiger partial charge is 0.126 e. The molecule has 0 saturated heterocycles. The lowest BCUT2D eigenvalue weighted by Crippen LogP contribution is -2.41. The molecular weight excluding hydrogens is 178 g/mol. The zero-order chi connectivity index (χ0) is 11.2. The highest BCUT2D eigenvalue weighted by molar-refractivity contribution is 5.58. The SMILES string of the molecule is COCCN(CC(C)(C)C=O)C(C)C. The Morgan fingerprint density at radius 1 is 1.43 bits per heavy atom. The highest BCUT2D eigenvalue weighted by Crippen LogP contribution is 2.14. The van der Waals surface area contributed by atoms with Crippen LogP contribution in [0.15, 0.2) is 0 Å². The Morgan fingerprint density at radius 2 is 2.00 bits per heavy atom. The molecule has 0 radical (unpaired) electrons. The molecule has 0 fully saturated rings. The number of ether oxygens (including phenoxy) is 1. The van der Waals surface area contributed by atoms with Crippen LogP contribution < -0.4 is 0 Å². The van der Waals surface area contributed by atoms with E-state index in [1.165, 1.54) is 0 Å². The van der Waals surface area contributed by atoms with Crippen molar-refractivity contribution in [3.05, 3.63) is 0 Å². The van der Waals surface area contributed by atoms with Crippen LogP contribution in [0.1, 0.15) is 27.7 Å². The fourth-order valence-electron chi connectivity index (χ4n) is 1.29. The number of nitrogens with zero attached hydrogens (tertiary/aromatic N) is 1. The molecule has 0 bridgehead atoms. The van der Waals surface area contributed by atoms with Crippen LogP contribution in [-0.4, -0.2) is 44.0 Å². The van der Waals surface area contributed by atoms with Gasteiger partial charge in [0.05, 0.1) is 6.61 Å². The van der Waals surface area contributed by atoms with Crippen LogP contribution in [0, 0.1) is 5.41 Å². The minimum Gasteiger partial charge on any atom is -0.383 e. The third-order valence-electron chi connectivity index (χ3n) is 2.24. The van der Waals surface area contributed by atoms with Crippen LogP contribution in [0.25, 0.3) is 0 Å². The van der Waals surface area contributed by atoms with E-state index in [0.717, 1.165) is 19.4 Å². The molecule has 0 aromatic rings. The molecule has 0 aliphatic heterocycles. The van der Waals surface area contributed by atoms with E-state index in [1.807, 2.05) is 13.8 Å². The van der Waals surface area contributed by atoms with Crippen molar-refractivity contribution in [2.75, 3.05) is 26.8 Å². The molecule has 0 aromatic heterocycles. The first-order chi connectivity index (χ1) is 6.43. The molecule has 84 valence electrons. The third-order valence-corrected chi connectivity index (χ3v) is 2.24. The van der Waals surface area contributed by atoms with E-state index < -0.39 is 0 Å². The Hall–Kier alpha value is -0.410. The second-order valence-electron chi connectivity index (χ2n) is 4.66. The predicted octanol–water partition coefficient (Wildman–Crippen LogP) is 1.57. The van der Waals surface area contributed by atoms with Gasteiger partial charge >= 0.3 is 0 Å². The van der Waals surface area contributed by atoms with E-state index in [1.54, 1.807) is 7.11 Å². The second-order valence-corrected chi connectivity index (χ2v) is 4.66. The largest absolute Gasteiger partial charge is 0.383 e. The van der Waals surface area contributed by atoms with Crippen molar-refractivity contribution in [2.45, 2.75) is 33.7 Å². The first kappa shape index (κ1) is 13.6. The summed E-state index contributed by atoms with van der Waals surface area (Å²) in [7, 11) is 1.70. The van der Waals surface area contributed by atoms with Gasteiger partial charge in [-0.05, 0) is 13.8 Å². The maximum Gasteiger partial charge on any atom is 0.126 e. The van der Waals surface area contributed by atoms with Gasteiger partial charge in [0, 0.05) is 31.7 Å². The average Bonchev–Trinajstić information content (AvgIpc) is 2.12. The van der Waals surface area contributed by atoms with Crippen molar-refractivity contribution in [1.29, 1.82) is 0 Å². The molecule has 0 spiro atoms. The van der Waals surface area contributed by atoms with Crippen LogP contribution in [0.3, 0.4) is 0 Å². The molecule has 0 aliphatic rings. The Bertz CT molecular complexity index is 167. The maximum absolute atomic E-state index is 10.8. The van der Waals surface area contributed by atoms with Gasteiger partial charge in [-0.2, -0.15) is 0 Å². The van der Waals surface area contributed by atoms with Crippen LogP contribution in [0.4, 0.5) is 0 Å². The Balaban J connectivity index is 4.15. The summed E-state index contributed by atoms with van der Waals surface area (Å²) >= 11 is 0. The molecule has 0 unspecified atom stereocenters. The van der Waals surface area contributed by atoms with Crippen molar-refractivity contribution in [2.24, 2.45) is 5.41 Å². The van der Waals surface area contributed by atoms with Gasteiger partial charge in [0.1, 0.15) is 6.29 Å². The molecule has 0 saturated carbocycles. The third kappa shape index (κ3) is 5.35. The number of aldehydes is 1. The Morgan fingerprint density at radius 3 is 2.36 bits per heavy atom. The normalized spacial score (nSPS) is 12.5. The van der Waals surface area contributed by atoms with Gasteiger partial charge in [-0.25, -0.2) is 0 Å². The van der Waals surface area contributed by atoms with Gasteiger partial charge in [0.15, 0.2) is 0 Å². The van der Waals surface area contributed by atoms with E-state index >= 15 is 0 Å². The lowest BCUT2D eigenvalue weighted by atomic mass is 9.94.